The third-order valence-electron chi connectivity index (χ3n) is 5.45. The zero-order valence-corrected chi connectivity index (χ0v) is 18.5. The number of aryl methyl sites for hydroxylation is 1. The molecule has 2 aromatic rings. The molecule has 2 unspecified atom stereocenters. The molecule has 1 amide bonds. The monoisotopic (exact) mass is 443 g/mol. The minimum atomic E-state index is 0. The highest BCUT2D eigenvalue weighted by Crippen LogP contribution is 2.30. The maximum Gasteiger partial charge on any atom is 0.253 e. The number of benzene rings is 1. The number of carbonyl (C=O) groups excluding carboxylic acids is 1. The second kappa shape index (κ2) is 9.92. The molecular formula is C20H27Cl2N3O2S. The topological polar surface area (TPSA) is 54.5 Å². The largest absolute Gasteiger partial charge is 0.487 e. The van der Waals surface area contributed by atoms with Crippen LogP contribution in [0.2, 0.25) is 0 Å². The minimum absolute atomic E-state index is 0. The van der Waals surface area contributed by atoms with Gasteiger partial charge in [0.1, 0.15) is 12.4 Å². The SMILES string of the molecule is Cc1nc(COc2cccc(C(=O)N(C)C3CC4CCC(C3)N4)c2)cs1.Cl.Cl. The molecule has 2 atom stereocenters. The third-order valence-corrected chi connectivity index (χ3v) is 6.27. The van der Waals surface area contributed by atoms with E-state index in [-0.39, 0.29) is 30.7 Å². The van der Waals surface area contributed by atoms with E-state index in [1.54, 1.807) is 11.3 Å². The van der Waals surface area contributed by atoms with Gasteiger partial charge in [-0.25, -0.2) is 4.98 Å². The van der Waals surface area contributed by atoms with E-state index in [1.165, 1.54) is 12.8 Å². The lowest BCUT2D eigenvalue weighted by atomic mass is 9.98. The summed E-state index contributed by atoms with van der Waals surface area (Å²) in [6.45, 7) is 2.41. The van der Waals surface area contributed by atoms with E-state index >= 15 is 0 Å². The number of amides is 1. The molecule has 2 bridgehead atoms. The van der Waals surface area contributed by atoms with Crippen LogP contribution in [0.15, 0.2) is 29.6 Å². The molecule has 2 aliphatic heterocycles. The first-order chi connectivity index (χ1) is 12.6. The zero-order chi connectivity index (χ0) is 18.1. The molecule has 8 heteroatoms. The summed E-state index contributed by atoms with van der Waals surface area (Å²) >= 11 is 1.62. The molecule has 0 aliphatic carbocycles. The molecule has 1 aromatic carbocycles. The maximum absolute atomic E-state index is 12.9. The maximum atomic E-state index is 12.9. The Bertz CT molecular complexity index is 789. The third kappa shape index (κ3) is 5.17. The average Bonchev–Trinajstić information content (AvgIpc) is 3.23. The Kier molecular flexibility index (Phi) is 8.13. The quantitative estimate of drug-likeness (QED) is 0.750. The number of ether oxygens (including phenoxy) is 1. The highest BCUT2D eigenvalue weighted by molar-refractivity contribution is 7.09. The first-order valence-corrected chi connectivity index (χ1v) is 10.1. The van der Waals surface area contributed by atoms with Gasteiger partial charge in [0.25, 0.3) is 5.91 Å². The van der Waals surface area contributed by atoms with Crippen molar-refractivity contribution in [3.63, 3.8) is 0 Å². The molecule has 2 aliphatic rings. The molecule has 28 heavy (non-hydrogen) atoms. The van der Waals surface area contributed by atoms with E-state index in [0.29, 0.717) is 36.0 Å². The summed E-state index contributed by atoms with van der Waals surface area (Å²) in [5.41, 5.74) is 1.61. The van der Waals surface area contributed by atoms with E-state index < -0.39 is 0 Å². The van der Waals surface area contributed by atoms with Crippen LogP contribution < -0.4 is 10.1 Å². The number of rotatable bonds is 5. The molecule has 0 radical (unpaired) electrons. The van der Waals surface area contributed by atoms with Crippen molar-refractivity contribution in [2.24, 2.45) is 0 Å². The molecule has 3 heterocycles. The summed E-state index contributed by atoms with van der Waals surface area (Å²) in [4.78, 5) is 19.3. The zero-order valence-electron chi connectivity index (χ0n) is 16.1. The smallest absolute Gasteiger partial charge is 0.253 e. The molecule has 0 saturated carbocycles. The van der Waals surface area contributed by atoms with Gasteiger partial charge < -0.3 is 15.0 Å². The van der Waals surface area contributed by atoms with Crippen molar-refractivity contribution in [2.75, 3.05) is 7.05 Å². The highest BCUT2D eigenvalue weighted by Gasteiger charge is 2.36. The number of thiazole rings is 1. The number of piperidine rings is 1. The Morgan fingerprint density at radius 3 is 2.64 bits per heavy atom. The van der Waals surface area contributed by atoms with Crippen molar-refractivity contribution in [1.29, 1.82) is 0 Å². The van der Waals surface area contributed by atoms with Gasteiger partial charge in [0, 0.05) is 36.1 Å². The van der Waals surface area contributed by atoms with E-state index in [0.717, 1.165) is 23.5 Å². The van der Waals surface area contributed by atoms with Gasteiger partial charge in [-0.1, -0.05) is 6.07 Å². The standard InChI is InChI=1S/C20H25N3O2S.2ClH/c1-13-21-17(12-26-13)11-25-19-5-3-4-14(8-19)20(24)23(2)18-9-15-6-7-16(10-18)22-15;;/h3-5,8,12,15-16,18,22H,6-7,9-11H2,1-2H3;2*1H. The molecule has 1 aromatic heterocycles. The molecule has 4 rings (SSSR count). The van der Waals surface area contributed by atoms with Crippen LogP contribution in [0, 0.1) is 6.92 Å². The predicted octanol–water partition coefficient (Wildman–Crippen LogP) is 4.23. The highest BCUT2D eigenvalue weighted by atomic mass is 35.5. The summed E-state index contributed by atoms with van der Waals surface area (Å²) < 4.78 is 5.83. The van der Waals surface area contributed by atoms with Gasteiger partial charge >= 0.3 is 0 Å². The fraction of sp³-hybridized carbons (Fsp3) is 0.500. The Labute approximate surface area is 182 Å². The molecule has 2 saturated heterocycles. The van der Waals surface area contributed by atoms with Crippen molar-refractivity contribution in [1.82, 2.24) is 15.2 Å². The molecular weight excluding hydrogens is 417 g/mol. The van der Waals surface area contributed by atoms with Crippen molar-refractivity contribution in [3.05, 3.63) is 45.9 Å². The fourth-order valence-electron chi connectivity index (χ4n) is 4.06. The van der Waals surface area contributed by atoms with Crippen molar-refractivity contribution in [3.8, 4) is 5.75 Å². The van der Waals surface area contributed by atoms with Gasteiger partial charge in [-0.3, -0.25) is 4.79 Å². The number of hydrogen-bond acceptors (Lipinski definition) is 5. The Hall–Kier alpha value is -1.34. The van der Waals surface area contributed by atoms with Crippen LogP contribution in [0.4, 0.5) is 0 Å². The summed E-state index contributed by atoms with van der Waals surface area (Å²) in [6, 6.07) is 8.96. The molecule has 5 nitrogen and oxygen atoms in total. The normalized spacial score (nSPS) is 22.7. The van der Waals surface area contributed by atoms with E-state index in [9.17, 15) is 4.79 Å². The van der Waals surface area contributed by atoms with Crippen molar-refractivity contribution >= 4 is 42.1 Å². The lowest BCUT2D eigenvalue weighted by Crippen LogP contribution is -2.48. The van der Waals surface area contributed by atoms with Gasteiger partial charge in [-0.05, 0) is 50.8 Å². The van der Waals surface area contributed by atoms with Crippen LogP contribution in [0.25, 0.3) is 0 Å². The second-order valence-electron chi connectivity index (χ2n) is 7.35. The number of aromatic nitrogens is 1. The molecule has 1 N–H and O–H groups in total. The van der Waals surface area contributed by atoms with E-state index in [2.05, 4.69) is 10.3 Å². The first-order valence-electron chi connectivity index (χ1n) is 9.25. The molecule has 0 spiro atoms. The predicted molar refractivity (Wildman–Crippen MR) is 117 cm³/mol. The average molecular weight is 444 g/mol. The van der Waals surface area contributed by atoms with Crippen LogP contribution in [0.3, 0.4) is 0 Å². The Morgan fingerprint density at radius 2 is 2.00 bits per heavy atom. The van der Waals surface area contributed by atoms with Crippen LogP contribution in [0.5, 0.6) is 5.75 Å². The lowest BCUT2D eigenvalue weighted by Gasteiger charge is -2.35. The molecule has 154 valence electrons. The summed E-state index contributed by atoms with van der Waals surface area (Å²) in [6.07, 6.45) is 4.58. The van der Waals surface area contributed by atoms with Gasteiger partial charge in [-0.15, -0.1) is 36.2 Å². The van der Waals surface area contributed by atoms with Crippen molar-refractivity contribution < 1.29 is 9.53 Å². The summed E-state index contributed by atoms with van der Waals surface area (Å²) in [5, 5.41) is 6.67. The first kappa shape index (κ1) is 22.9. The van der Waals surface area contributed by atoms with Crippen LogP contribution >= 0.6 is 36.2 Å². The number of hydrogen-bond donors (Lipinski definition) is 1. The number of carbonyl (C=O) groups is 1. The number of nitrogens with one attached hydrogen (secondary N) is 1. The van der Waals surface area contributed by atoms with E-state index in [4.69, 9.17) is 4.74 Å². The van der Waals surface area contributed by atoms with Gasteiger partial charge in [0.15, 0.2) is 0 Å². The number of halogens is 2. The van der Waals surface area contributed by atoms with Gasteiger partial charge in [0.2, 0.25) is 0 Å². The van der Waals surface area contributed by atoms with Gasteiger partial charge in [-0.2, -0.15) is 0 Å². The second-order valence-corrected chi connectivity index (χ2v) is 8.42. The molecule has 2 fully saturated rings. The van der Waals surface area contributed by atoms with Crippen LogP contribution in [-0.4, -0.2) is 41.0 Å². The van der Waals surface area contributed by atoms with Crippen molar-refractivity contribution in [2.45, 2.75) is 57.3 Å². The summed E-state index contributed by atoms with van der Waals surface area (Å²) in [7, 11) is 1.93. The van der Waals surface area contributed by atoms with Gasteiger partial charge in [0.05, 0.1) is 10.7 Å². The fourth-order valence-corrected chi connectivity index (χ4v) is 4.66. The Balaban J connectivity index is 0.00000140. The Morgan fingerprint density at radius 1 is 1.29 bits per heavy atom. The number of nitrogens with zero attached hydrogens (tertiary/aromatic N) is 2. The van der Waals surface area contributed by atoms with Crippen LogP contribution in [0.1, 0.15) is 46.7 Å². The minimum Gasteiger partial charge on any atom is -0.487 e. The van der Waals surface area contributed by atoms with E-state index in [1.807, 2.05) is 48.5 Å². The number of fused-ring (bicyclic) bond motifs is 2. The summed E-state index contributed by atoms with van der Waals surface area (Å²) in [5.74, 6) is 0.784. The lowest BCUT2D eigenvalue weighted by molar-refractivity contribution is 0.0681. The van der Waals surface area contributed by atoms with Crippen LogP contribution in [-0.2, 0) is 6.61 Å².